The van der Waals surface area contributed by atoms with Gasteiger partial charge in [-0.1, -0.05) is 30.3 Å². The summed E-state index contributed by atoms with van der Waals surface area (Å²) in [5.41, 5.74) is 1.28. The van der Waals surface area contributed by atoms with E-state index in [1.807, 2.05) is 17.8 Å². The molecule has 0 radical (unpaired) electrons. The van der Waals surface area contributed by atoms with Gasteiger partial charge in [-0.05, 0) is 25.7 Å². The third-order valence-electron chi connectivity index (χ3n) is 2.86. The predicted molar refractivity (Wildman–Crippen MR) is 76.7 cm³/mol. The normalized spacial score (nSPS) is 13.6. The van der Waals surface area contributed by atoms with Crippen LogP contribution in [0.5, 0.6) is 0 Å². The number of thioether (sulfide) groups is 1. The molecule has 1 aromatic rings. The van der Waals surface area contributed by atoms with E-state index in [0.717, 1.165) is 6.54 Å². The van der Waals surface area contributed by atoms with Crippen molar-refractivity contribution in [1.82, 2.24) is 5.32 Å². The molecule has 0 spiro atoms. The van der Waals surface area contributed by atoms with E-state index in [0.29, 0.717) is 6.61 Å². The molecule has 0 aliphatic carbocycles. The van der Waals surface area contributed by atoms with Crippen LogP contribution in [-0.2, 0) is 4.74 Å². The maximum absolute atomic E-state index is 5.29. The minimum Gasteiger partial charge on any atom is -0.383 e. The molecule has 1 unspecified atom stereocenters. The van der Waals surface area contributed by atoms with Crippen LogP contribution in [0.15, 0.2) is 30.3 Å². The van der Waals surface area contributed by atoms with Crippen molar-refractivity contribution in [1.29, 1.82) is 0 Å². The average Bonchev–Trinajstić information content (AvgIpc) is 2.35. The molecule has 0 bridgehead atoms. The summed E-state index contributed by atoms with van der Waals surface area (Å²) in [6.07, 6.45) is 2.15. The summed E-state index contributed by atoms with van der Waals surface area (Å²) in [4.78, 5) is 0. The zero-order valence-electron chi connectivity index (χ0n) is 11.2. The Morgan fingerprint density at radius 3 is 2.47 bits per heavy atom. The second kappa shape index (κ2) is 7.04. The van der Waals surface area contributed by atoms with Crippen molar-refractivity contribution in [3.63, 3.8) is 0 Å². The van der Waals surface area contributed by atoms with Crippen molar-refractivity contribution >= 4 is 11.8 Å². The summed E-state index contributed by atoms with van der Waals surface area (Å²) < 4.78 is 5.54. The number of ether oxygens (including phenoxy) is 1. The number of methoxy groups -OCH3 is 1. The summed E-state index contributed by atoms with van der Waals surface area (Å²) in [6.45, 7) is 6.17. The maximum atomic E-state index is 5.29. The third-order valence-corrected chi connectivity index (χ3v) is 4.11. The quantitative estimate of drug-likeness (QED) is 0.807. The fourth-order valence-corrected chi connectivity index (χ4v) is 1.79. The summed E-state index contributed by atoms with van der Waals surface area (Å²) >= 11 is 1.88. The van der Waals surface area contributed by atoms with Crippen molar-refractivity contribution in [2.75, 3.05) is 26.5 Å². The Labute approximate surface area is 109 Å². The lowest BCUT2D eigenvalue weighted by Gasteiger charge is -2.26. The zero-order chi connectivity index (χ0) is 12.7. The molecule has 0 amide bonds. The van der Waals surface area contributed by atoms with E-state index in [4.69, 9.17) is 4.74 Å². The van der Waals surface area contributed by atoms with Crippen LogP contribution in [0.25, 0.3) is 0 Å². The predicted octanol–water partition coefficient (Wildman–Crippen LogP) is 3.11. The molecule has 17 heavy (non-hydrogen) atoms. The van der Waals surface area contributed by atoms with Crippen LogP contribution in [0.3, 0.4) is 0 Å². The van der Waals surface area contributed by atoms with E-state index in [9.17, 15) is 0 Å². The Hall–Kier alpha value is -0.510. The fraction of sp³-hybridized carbons (Fsp3) is 0.571. The van der Waals surface area contributed by atoms with Gasteiger partial charge < -0.3 is 10.1 Å². The van der Waals surface area contributed by atoms with Crippen LogP contribution >= 0.6 is 11.8 Å². The molecular formula is C14H23NOS. The van der Waals surface area contributed by atoms with Gasteiger partial charge in [-0.3, -0.25) is 0 Å². The molecule has 0 saturated heterocycles. The van der Waals surface area contributed by atoms with Gasteiger partial charge in [0.25, 0.3) is 0 Å². The first-order valence-corrected chi connectivity index (χ1v) is 7.14. The van der Waals surface area contributed by atoms with Gasteiger partial charge in [0.1, 0.15) is 0 Å². The smallest absolute Gasteiger partial charge is 0.0657 e. The highest BCUT2D eigenvalue weighted by Gasteiger charge is 2.18. The lowest BCUT2D eigenvalue weighted by Crippen LogP contribution is -2.36. The SMILES string of the molecule is COCC(NCC(C)(C)SC)c1ccccc1. The number of nitrogens with one attached hydrogen (secondary N) is 1. The van der Waals surface area contributed by atoms with E-state index >= 15 is 0 Å². The molecule has 3 heteroatoms. The van der Waals surface area contributed by atoms with E-state index in [1.165, 1.54) is 5.56 Å². The van der Waals surface area contributed by atoms with Gasteiger partial charge in [-0.15, -0.1) is 0 Å². The first kappa shape index (κ1) is 14.6. The molecule has 1 N–H and O–H groups in total. The van der Waals surface area contributed by atoms with Gasteiger partial charge in [-0.2, -0.15) is 11.8 Å². The average molecular weight is 253 g/mol. The Balaban J connectivity index is 2.61. The topological polar surface area (TPSA) is 21.3 Å². The summed E-state index contributed by atoms with van der Waals surface area (Å²) in [7, 11) is 1.75. The van der Waals surface area contributed by atoms with E-state index in [1.54, 1.807) is 7.11 Å². The molecule has 1 atom stereocenters. The number of benzene rings is 1. The van der Waals surface area contributed by atoms with Gasteiger partial charge in [0.15, 0.2) is 0 Å². The van der Waals surface area contributed by atoms with E-state index in [-0.39, 0.29) is 10.8 Å². The second-order valence-electron chi connectivity index (χ2n) is 4.76. The fourth-order valence-electron chi connectivity index (χ4n) is 1.57. The van der Waals surface area contributed by atoms with Gasteiger partial charge >= 0.3 is 0 Å². The van der Waals surface area contributed by atoms with Crippen molar-refractivity contribution in [3.8, 4) is 0 Å². The summed E-state index contributed by atoms with van der Waals surface area (Å²) in [5, 5.41) is 3.58. The highest BCUT2D eigenvalue weighted by atomic mass is 32.2. The van der Waals surface area contributed by atoms with E-state index in [2.05, 4.69) is 49.7 Å². The molecule has 0 saturated carbocycles. The molecule has 0 aliphatic rings. The maximum Gasteiger partial charge on any atom is 0.0657 e. The Kier molecular flexibility index (Phi) is 6.03. The molecule has 1 rings (SSSR count). The molecule has 0 aromatic heterocycles. The molecule has 1 aromatic carbocycles. The lowest BCUT2D eigenvalue weighted by atomic mass is 10.1. The Morgan fingerprint density at radius 2 is 1.94 bits per heavy atom. The highest BCUT2D eigenvalue weighted by molar-refractivity contribution is 7.99. The van der Waals surface area contributed by atoms with Crippen LogP contribution in [-0.4, -0.2) is 31.3 Å². The van der Waals surface area contributed by atoms with Gasteiger partial charge in [-0.25, -0.2) is 0 Å². The monoisotopic (exact) mass is 253 g/mol. The minimum atomic E-state index is 0.251. The van der Waals surface area contributed by atoms with Crippen LogP contribution in [0.2, 0.25) is 0 Å². The highest BCUT2D eigenvalue weighted by Crippen LogP contribution is 2.21. The standard InChI is InChI=1S/C14H23NOS/c1-14(2,17-4)11-15-13(10-16-3)12-8-6-5-7-9-12/h5-9,13,15H,10-11H2,1-4H3. The van der Waals surface area contributed by atoms with Crippen LogP contribution < -0.4 is 5.32 Å². The first-order chi connectivity index (χ1) is 8.09. The molecule has 2 nitrogen and oxygen atoms in total. The van der Waals surface area contributed by atoms with Crippen LogP contribution in [0, 0.1) is 0 Å². The Bertz CT molecular complexity index is 313. The first-order valence-electron chi connectivity index (χ1n) is 5.91. The zero-order valence-corrected chi connectivity index (χ0v) is 12.0. The molecule has 0 aliphatic heterocycles. The van der Waals surface area contributed by atoms with Crippen molar-refractivity contribution in [2.45, 2.75) is 24.6 Å². The molecule has 0 fully saturated rings. The third kappa shape index (κ3) is 5.11. The van der Waals surface area contributed by atoms with Gasteiger partial charge in [0.05, 0.1) is 12.6 Å². The van der Waals surface area contributed by atoms with Gasteiger partial charge in [0, 0.05) is 18.4 Å². The lowest BCUT2D eigenvalue weighted by molar-refractivity contribution is 0.166. The minimum absolute atomic E-state index is 0.251. The Morgan fingerprint density at radius 1 is 1.29 bits per heavy atom. The molecule has 0 heterocycles. The summed E-state index contributed by atoms with van der Waals surface area (Å²) in [6, 6.07) is 10.7. The van der Waals surface area contributed by atoms with Crippen molar-refractivity contribution < 1.29 is 4.74 Å². The molecule has 96 valence electrons. The largest absolute Gasteiger partial charge is 0.383 e. The number of hydrogen-bond donors (Lipinski definition) is 1. The van der Waals surface area contributed by atoms with Crippen LogP contribution in [0.4, 0.5) is 0 Å². The van der Waals surface area contributed by atoms with E-state index < -0.39 is 0 Å². The van der Waals surface area contributed by atoms with Crippen LogP contribution in [0.1, 0.15) is 25.5 Å². The van der Waals surface area contributed by atoms with Crippen molar-refractivity contribution in [3.05, 3.63) is 35.9 Å². The summed E-state index contributed by atoms with van der Waals surface area (Å²) in [5.74, 6) is 0. The number of hydrogen-bond acceptors (Lipinski definition) is 3. The number of rotatable bonds is 7. The molecular weight excluding hydrogens is 230 g/mol. The second-order valence-corrected chi connectivity index (χ2v) is 6.28. The van der Waals surface area contributed by atoms with Gasteiger partial charge in [0.2, 0.25) is 0 Å². The van der Waals surface area contributed by atoms with Crippen molar-refractivity contribution in [2.24, 2.45) is 0 Å².